The summed E-state index contributed by atoms with van der Waals surface area (Å²) in [5.41, 5.74) is 3.50. The lowest BCUT2D eigenvalue weighted by Crippen LogP contribution is -2.19. The minimum atomic E-state index is -0.302. The van der Waals surface area contributed by atoms with Crippen LogP contribution < -0.4 is 5.43 Å². The largest absolute Gasteiger partial charge is 0.463 e. The van der Waals surface area contributed by atoms with E-state index in [0.29, 0.717) is 17.0 Å². The first-order chi connectivity index (χ1) is 8.27. The fourth-order valence-electron chi connectivity index (χ4n) is 1.24. The lowest BCUT2D eigenvalue weighted by atomic mass is 10.3. The summed E-state index contributed by atoms with van der Waals surface area (Å²) in [5.74, 6) is 0.320. The molecule has 1 N–H and O–H groups in total. The van der Waals surface area contributed by atoms with Crippen molar-refractivity contribution in [1.29, 1.82) is 0 Å². The Morgan fingerprint density at radius 1 is 1.41 bits per heavy atom. The van der Waals surface area contributed by atoms with Crippen molar-refractivity contribution in [2.24, 2.45) is 5.10 Å². The zero-order chi connectivity index (χ0) is 12.1. The van der Waals surface area contributed by atoms with Crippen molar-refractivity contribution in [3.63, 3.8) is 0 Å². The molecule has 0 atom stereocenters. The van der Waals surface area contributed by atoms with Crippen LogP contribution in [0.4, 0.5) is 0 Å². The van der Waals surface area contributed by atoms with E-state index in [1.165, 1.54) is 6.20 Å². The molecular weight excluding hydrogens is 218 g/mol. The van der Waals surface area contributed by atoms with Gasteiger partial charge in [0.25, 0.3) is 5.91 Å². The number of hydrogen-bond acceptors (Lipinski definition) is 4. The van der Waals surface area contributed by atoms with Gasteiger partial charge in [0, 0.05) is 12.4 Å². The molecule has 0 saturated heterocycles. The third-order valence-corrected chi connectivity index (χ3v) is 2.13. The number of amides is 1. The van der Waals surface area contributed by atoms with Crippen molar-refractivity contribution in [3.8, 4) is 0 Å². The van der Waals surface area contributed by atoms with Crippen LogP contribution in [0.15, 0.2) is 52.4 Å². The van der Waals surface area contributed by atoms with E-state index in [0.717, 1.165) is 0 Å². The summed E-state index contributed by atoms with van der Waals surface area (Å²) in [4.78, 5) is 15.5. The Hall–Kier alpha value is -2.43. The summed E-state index contributed by atoms with van der Waals surface area (Å²) in [6.07, 6.45) is 4.64. The molecule has 0 unspecified atom stereocenters. The average molecular weight is 229 g/mol. The molecule has 0 aromatic carbocycles. The number of carbonyl (C=O) groups excluding carboxylic acids is 1. The van der Waals surface area contributed by atoms with Gasteiger partial charge in [-0.1, -0.05) is 0 Å². The second kappa shape index (κ2) is 5.07. The summed E-state index contributed by atoms with van der Waals surface area (Å²) in [5, 5.41) is 3.94. The van der Waals surface area contributed by atoms with Crippen molar-refractivity contribution in [1.82, 2.24) is 10.4 Å². The molecule has 2 aromatic heterocycles. The lowest BCUT2D eigenvalue weighted by molar-refractivity contribution is 0.0954. The van der Waals surface area contributed by atoms with Gasteiger partial charge in [-0.05, 0) is 31.2 Å². The van der Waals surface area contributed by atoms with Crippen LogP contribution in [0.3, 0.4) is 0 Å². The van der Waals surface area contributed by atoms with Gasteiger partial charge in [-0.15, -0.1) is 0 Å². The first kappa shape index (κ1) is 11.1. The minimum absolute atomic E-state index is 0.302. The molecule has 0 aliphatic heterocycles. The monoisotopic (exact) mass is 229 g/mol. The predicted octanol–water partition coefficient (Wildman–Crippen LogP) is 1.83. The summed E-state index contributed by atoms with van der Waals surface area (Å²) < 4.78 is 5.14. The summed E-state index contributed by atoms with van der Waals surface area (Å²) in [6.45, 7) is 1.75. The number of carbonyl (C=O) groups is 1. The van der Waals surface area contributed by atoms with E-state index in [-0.39, 0.29) is 5.91 Å². The van der Waals surface area contributed by atoms with E-state index in [9.17, 15) is 4.79 Å². The van der Waals surface area contributed by atoms with E-state index in [4.69, 9.17) is 4.42 Å². The highest BCUT2D eigenvalue weighted by Gasteiger charge is 2.05. The van der Waals surface area contributed by atoms with Crippen LogP contribution in [0.5, 0.6) is 0 Å². The van der Waals surface area contributed by atoms with Crippen LogP contribution >= 0.6 is 0 Å². The smallest absolute Gasteiger partial charge is 0.272 e. The van der Waals surface area contributed by atoms with Crippen LogP contribution in [0.25, 0.3) is 0 Å². The van der Waals surface area contributed by atoms with Gasteiger partial charge in [-0.2, -0.15) is 5.10 Å². The summed E-state index contributed by atoms with van der Waals surface area (Å²) in [7, 11) is 0. The molecule has 0 saturated carbocycles. The van der Waals surface area contributed by atoms with Gasteiger partial charge in [-0.3, -0.25) is 9.78 Å². The maximum Gasteiger partial charge on any atom is 0.272 e. The summed E-state index contributed by atoms with van der Waals surface area (Å²) >= 11 is 0. The molecule has 0 aliphatic carbocycles. The number of pyridine rings is 1. The Bertz CT molecular complexity index is 518. The zero-order valence-electron chi connectivity index (χ0n) is 9.25. The van der Waals surface area contributed by atoms with Gasteiger partial charge >= 0.3 is 0 Å². The molecule has 2 aromatic rings. The van der Waals surface area contributed by atoms with Crippen LogP contribution in [0.1, 0.15) is 23.0 Å². The fraction of sp³-hybridized carbons (Fsp3) is 0.0833. The average Bonchev–Trinajstić information content (AvgIpc) is 2.90. The van der Waals surface area contributed by atoms with Crippen molar-refractivity contribution >= 4 is 11.6 Å². The van der Waals surface area contributed by atoms with E-state index < -0.39 is 0 Å². The van der Waals surface area contributed by atoms with E-state index in [1.54, 1.807) is 43.6 Å². The Labute approximate surface area is 98.2 Å². The van der Waals surface area contributed by atoms with E-state index in [2.05, 4.69) is 15.5 Å². The van der Waals surface area contributed by atoms with Crippen LogP contribution in [0, 0.1) is 0 Å². The van der Waals surface area contributed by atoms with Crippen LogP contribution in [-0.2, 0) is 0 Å². The Kier molecular flexibility index (Phi) is 3.30. The fourth-order valence-corrected chi connectivity index (χ4v) is 1.24. The van der Waals surface area contributed by atoms with Crippen molar-refractivity contribution < 1.29 is 9.21 Å². The molecule has 86 valence electrons. The zero-order valence-corrected chi connectivity index (χ0v) is 9.25. The first-order valence-electron chi connectivity index (χ1n) is 5.06. The molecule has 0 bridgehead atoms. The second-order valence-electron chi connectivity index (χ2n) is 3.36. The highest BCUT2D eigenvalue weighted by molar-refractivity contribution is 5.99. The van der Waals surface area contributed by atoms with Crippen molar-refractivity contribution in [2.45, 2.75) is 6.92 Å². The van der Waals surface area contributed by atoms with E-state index in [1.807, 2.05) is 0 Å². The molecule has 0 spiro atoms. The normalized spacial score (nSPS) is 11.2. The summed E-state index contributed by atoms with van der Waals surface area (Å²) in [6, 6.07) is 6.89. The third-order valence-electron chi connectivity index (χ3n) is 2.13. The van der Waals surface area contributed by atoms with Crippen molar-refractivity contribution in [2.75, 3.05) is 0 Å². The molecule has 0 fully saturated rings. The van der Waals surface area contributed by atoms with Gasteiger partial charge in [0.2, 0.25) is 0 Å². The maximum absolute atomic E-state index is 11.6. The molecule has 17 heavy (non-hydrogen) atoms. The quantitative estimate of drug-likeness (QED) is 0.644. The molecule has 2 rings (SSSR count). The Morgan fingerprint density at radius 2 is 2.29 bits per heavy atom. The second-order valence-corrected chi connectivity index (χ2v) is 3.36. The number of furan rings is 1. The molecule has 5 heteroatoms. The predicted molar refractivity (Wildman–Crippen MR) is 62.6 cm³/mol. The number of nitrogens with zero attached hydrogens (tertiary/aromatic N) is 2. The maximum atomic E-state index is 11.6. The van der Waals surface area contributed by atoms with Crippen molar-refractivity contribution in [3.05, 3.63) is 54.2 Å². The lowest BCUT2D eigenvalue weighted by Gasteiger charge is -2.00. The highest BCUT2D eigenvalue weighted by atomic mass is 16.3. The molecule has 0 radical (unpaired) electrons. The van der Waals surface area contributed by atoms with Gasteiger partial charge in [0.05, 0.1) is 11.8 Å². The Morgan fingerprint density at radius 3 is 2.94 bits per heavy atom. The molecule has 2 heterocycles. The van der Waals surface area contributed by atoms with E-state index >= 15 is 0 Å². The number of hydrazone groups is 1. The van der Waals surface area contributed by atoms with Gasteiger partial charge in [-0.25, -0.2) is 5.43 Å². The van der Waals surface area contributed by atoms with Gasteiger partial charge < -0.3 is 4.42 Å². The van der Waals surface area contributed by atoms with Crippen LogP contribution in [0.2, 0.25) is 0 Å². The van der Waals surface area contributed by atoms with Gasteiger partial charge in [0.15, 0.2) is 0 Å². The SMILES string of the molecule is C/C(=N/NC(=O)c1cccnc1)c1ccco1. The Balaban J connectivity index is 2.04. The number of nitrogens with one attached hydrogen (secondary N) is 1. The molecular formula is C12H11N3O2. The molecule has 0 aliphatic rings. The highest BCUT2D eigenvalue weighted by Crippen LogP contribution is 2.01. The van der Waals surface area contributed by atoms with Crippen LogP contribution in [-0.4, -0.2) is 16.6 Å². The number of hydrogen-bond donors (Lipinski definition) is 1. The minimum Gasteiger partial charge on any atom is -0.463 e. The molecule has 1 amide bonds. The third kappa shape index (κ3) is 2.78. The first-order valence-corrected chi connectivity index (χ1v) is 5.06. The standard InChI is InChI=1S/C12H11N3O2/c1-9(11-5-3-7-17-11)14-15-12(16)10-4-2-6-13-8-10/h2-8H,1H3,(H,15,16)/b14-9-. The van der Waals surface area contributed by atoms with Gasteiger partial charge in [0.1, 0.15) is 11.5 Å². The molecule has 5 nitrogen and oxygen atoms in total. The topological polar surface area (TPSA) is 67.5 Å². The number of aromatic nitrogens is 1. The number of rotatable bonds is 3.